The first-order valence-electron chi connectivity index (χ1n) is 35.1. The Hall–Kier alpha value is -1.66. The third-order valence-corrected chi connectivity index (χ3v) is 16.5. The zero-order valence-corrected chi connectivity index (χ0v) is 52.2. The Labute approximate surface area is 481 Å². The minimum atomic E-state index is -0.841. The average Bonchev–Trinajstić information content (AvgIpc) is 3.43. The first-order valence-corrected chi connectivity index (χ1v) is 35.1. The second-order valence-corrected chi connectivity index (χ2v) is 24.2. The molecule has 77 heavy (non-hydrogen) atoms. The maximum absolute atomic E-state index is 12.5. The summed E-state index contributed by atoms with van der Waals surface area (Å²) >= 11 is 0. The van der Waals surface area contributed by atoms with Gasteiger partial charge in [0.25, 0.3) is 0 Å². The molecule has 0 aliphatic heterocycles. The second kappa shape index (κ2) is 66.8. The van der Waals surface area contributed by atoms with Gasteiger partial charge in [0.2, 0.25) is 5.91 Å². The van der Waals surface area contributed by atoms with Crippen LogP contribution in [0.2, 0.25) is 0 Å². The Morgan fingerprint density at radius 1 is 0.351 bits per heavy atom. The molecule has 0 bridgehead atoms. The van der Waals surface area contributed by atoms with Gasteiger partial charge in [-0.3, -0.25) is 9.59 Å². The number of carbonyl (C=O) groups excluding carboxylic acids is 2. The average molecular weight is 1080 g/mol. The highest BCUT2D eigenvalue weighted by atomic mass is 16.5. The maximum atomic E-state index is 12.5. The van der Waals surface area contributed by atoms with Gasteiger partial charge in [-0.1, -0.05) is 346 Å². The molecule has 0 saturated heterocycles. The molecule has 0 radical (unpaired) electrons. The number of hydrogen-bond acceptors (Lipinski definition) is 5. The summed E-state index contributed by atoms with van der Waals surface area (Å²) in [5.74, 6) is -0.0424. The maximum Gasteiger partial charge on any atom is 0.305 e. The van der Waals surface area contributed by atoms with E-state index in [1.165, 1.54) is 327 Å². The van der Waals surface area contributed by atoms with Crippen LogP contribution in [0.5, 0.6) is 0 Å². The lowest BCUT2D eigenvalue weighted by Crippen LogP contribution is -2.45. The summed E-state index contributed by atoms with van der Waals surface area (Å²) in [4.78, 5) is 24.5. The zero-order chi connectivity index (χ0) is 55.7. The molecule has 0 spiro atoms. The number of nitrogens with one attached hydrogen (secondary N) is 1. The number of ether oxygens (including phenoxy) is 1. The van der Waals surface area contributed by atoms with Crippen molar-refractivity contribution in [3.05, 3.63) is 24.3 Å². The summed E-state index contributed by atoms with van der Waals surface area (Å²) < 4.78 is 5.50. The van der Waals surface area contributed by atoms with Crippen molar-refractivity contribution in [1.82, 2.24) is 5.32 Å². The van der Waals surface area contributed by atoms with Crippen molar-refractivity contribution in [1.29, 1.82) is 0 Å². The molecule has 456 valence electrons. The van der Waals surface area contributed by atoms with Gasteiger partial charge in [0.1, 0.15) is 0 Å². The zero-order valence-electron chi connectivity index (χ0n) is 52.2. The van der Waals surface area contributed by atoms with E-state index >= 15 is 0 Å². The second-order valence-electron chi connectivity index (χ2n) is 24.2. The van der Waals surface area contributed by atoms with E-state index in [9.17, 15) is 19.8 Å². The molecule has 0 fully saturated rings. The predicted octanol–water partition coefficient (Wildman–Crippen LogP) is 22.5. The van der Waals surface area contributed by atoms with Crippen LogP contribution in [-0.4, -0.2) is 47.4 Å². The van der Waals surface area contributed by atoms with E-state index in [0.29, 0.717) is 19.4 Å². The monoisotopic (exact) mass is 1080 g/mol. The highest BCUT2D eigenvalue weighted by Gasteiger charge is 2.18. The molecule has 0 rings (SSSR count). The molecule has 2 unspecified atom stereocenters. The van der Waals surface area contributed by atoms with Gasteiger partial charge in [-0.25, -0.2) is 0 Å². The van der Waals surface area contributed by atoms with Crippen LogP contribution in [0.15, 0.2) is 24.3 Å². The molecule has 0 aliphatic carbocycles. The Morgan fingerprint density at radius 3 is 0.922 bits per heavy atom. The van der Waals surface area contributed by atoms with E-state index in [0.717, 1.165) is 38.5 Å². The van der Waals surface area contributed by atoms with Crippen molar-refractivity contribution < 1.29 is 24.5 Å². The van der Waals surface area contributed by atoms with Crippen LogP contribution >= 0.6 is 0 Å². The Balaban J connectivity index is 3.34. The fourth-order valence-electron chi connectivity index (χ4n) is 11.1. The standard InChI is InChI=1S/C71H137NO5/c1-3-5-7-9-11-13-15-17-18-38-41-45-49-53-57-61-65-71(76)77-66-62-58-54-50-46-42-39-36-34-32-30-28-26-24-22-20-19-21-23-25-27-29-31-33-35-37-40-44-48-52-56-60-64-70(75)72-68(67-73)69(74)63-59-55-51-47-43-16-14-12-10-8-6-4-2/h22,24,59,63,68-69,73-74H,3-21,23,25-58,60-62,64-67H2,1-2H3,(H,72,75)/b24-22-,63-59+. The van der Waals surface area contributed by atoms with E-state index in [4.69, 9.17) is 4.74 Å². The molecular weight excluding hydrogens is 947 g/mol. The van der Waals surface area contributed by atoms with Crippen molar-refractivity contribution in [3.63, 3.8) is 0 Å². The van der Waals surface area contributed by atoms with E-state index in [1.807, 2.05) is 6.08 Å². The van der Waals surface area contributed by atoms with Gasteiger partial charge < -0.3 is 20.3 Å². The van der Waals surface area contributed by atoms with Gasteiger partial charge in [0.05, 0.1) is 25.4 Å². The highest BCUT2D eigenvalue weighted by molar-refractivity contribution is 5.76. The largest absolute Gasteiger partial charge is 0.466 e. The van der Waals surface area contributed by atoms with Crippen molar-refractivity contribution >= 4 is 11.9 Å². The number of aliphatic hydroxyl groups is 2. The van der Waals surface area contributed by atoms with E-state index < -0.39 is 12.1 Å². The number of allylic oxidation sites excluding steroid dienone is 3. The first kappa shape index (κ1) is 75.3. The van der Waals surface area contributed by atoms with Crippen molar-refractivity contribution in [2.75, 3.05) is 13.2 Å². The molecule has 0 heterocycles. The van der Waals surface area contributed by atoms with Crippen molar-refractivity contribution in [2.24, 2.45) is 0 Å². The Kier molecular flexibility index (Phi) is 65.4. The van der Waals surface area contributed by atoms with Crippen molar-refractivity contribution in [2.45, 2.75) is 405 Å². The normalized spacial score (nSPS) is 12.6. The summed E-state index contributed by atoms with van der Waals surface area (Å²) in [6.07, 6.45) is 84.1. The van der Waals surface area contributed by atoms with Crippen LogP contribution in [0.4, 0.5) is 0 Å². The lowest BCUT2D eigenvalue weighted by molar-refractivity contribution is -0.143. The summed E-state index contributed by atoms with van der Waals surface area (Å²) in [6, 6.07) is -0.624. The lowest BCUT2D eigenvalue weighted by Gasteiger charge is -2.20. The van der Waals surface area contributed by atoms with Crippen LogP contribution < -0.4 is 5.32 Å². The molecule has 0 aromatic rings. The van der Waals surface area contributed by atoms with E-state index in [-0.39, 0.29) is 18.5 Å². The fourth-order valence-corrected chi connectivity index (χ4v) is 11.1. The molecule has 0 saturated carbocycles. The van der Waals surface area contributed by atoms with Crippen LogP contribution in [-0.2, 0) is 14.3 Å². The summed E-state index contributed by atoms with van der Waals surface area (Å²) in [5, 5.41) is 23.1. The summed E-state index contributed by atoms with van der Waals surface area (Å²) in [5.41, 5.74) is 0. The van der Waals surface area contributed by atoms with E-state index in [1.54, 1.807) is 6.08 Å². The fraction of sp³-hybridized carbons (Fsp3) is 0.915. The smallest absolute Gasteiger partial charge is 0.305 e. The number of esters is 1. The van der Waals surface area contributed by atoms with Crippen LogP contribution in [0.3, 0.4) is 0 Å². The highest BCUT2D eigenvalue weighted by Crippen LogP contribution is 2.19. The predicted molar refractivity (Wildman–Crippen MR) is 338 cm³/mol. The van der Waals surface area contributed by atoms with Crippen LogP contribution in [0.25, 0.3) is 0 Å². The third kappa shape index (κ3) is 63.4. The molecule has 6 heteroatoms. The van der Waals surface area contributed by atoms with Gasteiger partial charge in [-0.2, -0.15) is 0 Å². The summed E-state index contributed by atoms with van der Waals surface area (Å²) in [7, 11) is 0. The number of unbranched alkanes of at least 4 members (excludes halogenated alkanes) is 53. The Bertz CT molecular complexity index is 1200. The van der Waals surface area contributed by atoms with Gasteiger partial charge in [-0.05, 0) is 57.8 Å². The van der Waals surface area contributed by atoms with Gasteiger partial charge >= 0.3 is 5.97 Å². The van der Waals surface area contributed by atoms with Crippen LogP contribution in [0, 0.1) is 0 Å². The molecule has 3 N–H and O–H groups in total. The lowest BCUT2D eigenvalue weighted by atomic mass is 10.0. The quantitative estimate of drug-likeness (QED) is 0.0320. The topological polar surface area (TPSA) is 95.9 Å². The SMILES string of the molecule is CCCCCCCCCCCC/C=C/C(O)C(CO)NC(=O)CCCCCCCCCCCCCCCCCC/C=C\CCCCCCCCCCCCCCOC(=O)CCCCCCCCCCCCCCCCCC. The van der Waals surface area contributed by atoms with Gasteiger partial charge in [-0.15, -0.1) is 0 Å². The van der Waals surface area contributed by atoms with Crippen LogP contribution in [0.1, 0.15) is 393 Å². The number of rotatable bonds is 66. The molecule has 2 atom stereocenters. The third-order valence-electron chi connectivity index (χ3n) is 16.5. The Morgan fingerprint density at radius 2 is 0.610 bits per heavy atom. The number of aliphatic hydroxyl groups excluding tert-OH is 2. The molecule has 6 nitrogen and oxygen atoms in total. The van der Waals surface area contributed by atoms with Crippen molar-refractivity contribution in [3.8, 4) is 0 Å². The minimum absolute atomic E-state index is 0.0220. The summed E-state index contributed by atoms with van der Waals surface area (Å²) in [6.45, 7) is 4.93. The minimum Gasteiger partial charge on any atom is -0.466 e. The number of hydrogen-bond donors (Lipinski definition) is 3. The molecule has 0 aromatic carbocycles. The van der Waals surface area contributed by atoms with Gasteiger partial charge in [0.15, 0.2) is 0 Å². The molecule has 0 aliphatic rings. The molecular formula is C71H137NO5. The van der Waals surface area contributed by atoms with Gasteiger partial charge in [0, 0.05) is 12.8 Å². The number of amides is 1. The first-order chi connectivity index (χ1) is 38.0. The molecule has 1 amide bonds. The number of carbonyl (C=O) groups is 2. The van der Waals surface area contributed by atoms with E-state index in [2.05, 4.69) is 31.3 Å². The molecule has 0 aromatic heterocycles.